The molecule has 0 aliphatic rings. The van der Waals surface area contributed by atoms with Gasteiger partial charge in [-0.25, -0.2) is 8.78 Å². The Bertz CT molecular complexity index is 290. The van der Waals surface area contributed by atoms with Gasteiger partial charge in [0.1, 0.15) is 0 Å². The van der Waals surface area contributed by atoms with Crippen molar-refractivity contribution in [2.45, 2.75) is 18.8 Å². The van der Waals surface area contributed by atoms with Crippen LogP contribution in [0.25, 0.3) is 0 Å². The fourth-order valence-corrected chi connectivity index (χ4v) is 1.13. The summed E-state index contributed by atoms with van der Waals surface area (Å²) < 4.78 is 24.0. The van der Waals surface area contributed by atoms with Crippen molar-refractivity contribution in [2.75, 3.05) is 0 Å². The second-order valence-corrected chi connectivity index (χ2v) is 2.72. The number of hydrogen-bond acceptors (Lipinski definition) is 1. The molecule has 0 heterocycles. The fourth-order valence-electron chi connectivity index (χ4n) is 1.13. The zero-order chi connectivity index (χ0) is 9.68. The highest BCUT2D eigenvalue weighted by Gasteiger charge is 2.15. The molecule has 1 aromatic rings. The van der Waals surface area contributed by atoms with Crippen molar-refractivity contribution in [1.82, 2.24) is 0 Å². The van der Waals surface area contributed by atoms with Gasteiger partial charge < -0.3 is 0 Å². The van der Waals surface area contributed by atoms with Gasteiger partial charge in [0.05, 0.1) is 12.0 Å². The number of alkyl halides is 2. The van der Waals surface area contributed by atoms with Gasteiger partial charge in [-0.2, -0.15) is 5.26 Å². The molecule has 0 radical (unpaired) electrons. The van der Waals surface area contributed by atoms with E-state index in [4.69, 9.17) is 5.26 Å². The van der Waals surface area contributed by atoms with Gasteiger partial charge in [-0.15, -0.1) is 0 Å². The van der Waals surface area contributed by atoms with E-state index in [2.05, 4.69) is 0 Å². The minimum Gasteiger partial charge on any atom is -0.210 e. The molecule has 1 unspecified atom stereocenters. The van der Waals surface area contributed by atoms with Crippen LogP contribution in [0.15, 0.2) is 30.3 Å². The first-order chi connectivity index (χ1) is 6.24. The molecule has 1 nitrogen and oxygen atoms in total. The van der Waals surface area contributed by atoms with Crippen molar-refractivity contribution in [3.05, 3.63) is 35.9 Å². The maximum atomic E-state index is 12.0. The first kappa shape index (κ1) is 9.66. The van der Waals surface area contributed by atoms with Crippen LogP contribution in [0.5, 0.6) is 0 Å². The first-order valence-electron chi connectivity index (χ1n) is 3.96. The Kier molecular flexibility index (Phi) is 3.39. The zero-order valence-corrected chi connectivity index (χ0v) is 6.95. The number of nitrogens with zero attached hydrogens (tertiary/aromatic N) is 1. The molecular formula is C10H9F2N. The Morgan fingerprint density at radius 1 is 1.23 bits per heavy atom. The predicted octanol–water partition coefficient (Wildman–Crippen LogP) is 2.95. The van der Waals surface area contributed by atoms with E-state index in [1.807, 2.05) is 6.07 Å². The summed E-state index contributed by atoms with van der Waals surface area (Å²) >= 11 is 0. The van der Waals surface area contributed by atoms with Crippen molar-refractivity contribution in [3.63, 3.8) is 0 Å². The van der Waals surface area contributed by atoms with E-state index in [9.17, 15) is 8.78 Å². The van der Waals surface area contributed by atoms with Crippen LogP contribution in [0.4, 0.5) is 8.78 Å². The summed E-state index contributed by atoms with van der Waals surface area (Å²) in [6.45, 7) is 0. The van der Waals surface area contributed by atoms with Crippen molar-refractivity contribution in [2.24, 2.45) is 0 Å². The molecule has 1 rings (SSSR count). The van der Waals surface area contributed by atoms with E-state index in [1.54, 1.807) is 30.3 Å². The highest BCUT2D eigenvalue weighted by Crippen LogP contribution is 2.21. The van der Waals surface area contributed by atoms with Gasteiger partial charge in [-0.1, -0.05) is 30.3 Å². The lowest BCUT2D eigenvalue weighted by atomic mass is 9.98. The van der Waals surface area contributed by atoms with Crippen LogP contribution in [-0.4, -0.2) is 6.43 Å². The van der Waals surface area contributed by atoms with Crippen LogP contribution in [0, 0.1) is 11.3 Å². The van der Waals surface area contributed by atoms with Crippen molar-refractivity contribution in [3.8, 4) is 6.07 Å². The average molecular weight is 181 g/mol. The van der Waals surface area contributed by atoms with Crippen LogP contribution in [0.2, 0.25) is 0 Å². The van der Waals surface area contributed by atoms with Gasteiger partial charge in [-0.05, 0) is 5.56 Å². The maximum Gasteiger partial charge on any atom is 0.240 e. The Labute approximate surface area is 75.6 Å². The molecule has 0 fully saturated rings. The van der Waals surface area contributed by atoms with Crippen LogP contribution >= 0.6 is 0 Å². The molecule has 0 N–H and O–H groups in total. The molecule has 0 amide bonds. The second kappa shape index (κ2) is 4.56. The Balaban J connectivity index is 2.75. The lowest BCUT2D eigenvalue weighted by Crippen LogP contribution is -2.01. The summed E-state index contributed by atoms with van der Waals surface area (Å²) in [6, 6.07) is 10.5. The van der Waals surface area contributed by atoms with E-state index < -0.39 is 12.3 Å². The molecule has 0 aromatic heterocycles. The third kappa shape index (κ3) is 2.83. The van der Waals surface area contributed by atoms with Crippen molar-refractivity contribution >= 4 is 0 Å². The summed E-state index contributed by atoms with van der Waals surface area (Å²) in [4.78, 5) is 0. The standard InChI is InChI=1S/C10H9F2N/c11-10(12)6-9(7-13)8-4-2-1-3-5-8/h1-5,9-10H,6H2. The highest BCUT2D eigenvalue weighted by atomic mass is 19.3. The molecule has 0 saturated heterocycles. The zero-order valence-electron chi connectivity index (χ0n) is 6.95. The topological polar surface area (TPSA) is 23.8 Å². The largest absolute Gasteiger partial charge is 0.240 e. The molecule has 0 saturated carbocycles. The molecule has 0 aliphatic carbocycles. The van der Waals surface area contributed by atoms with E-state index in [-0.39, 0.29) is 6.42 Å². The number of halogens is 2. The van der Waals surface area contributed by atoms with Crippen LogP contribution in [-0.2, 0) is 0 Å². The van der Waals surface area contributed by atoms with Crippen LogP contribution in [0.1, 0.15) is 17.9 Å². The molecule has 0 bridgehead atoms. The van der Waals surface area contributed by atoms with Gasteiger partial charge in [0.2, 0.25) is 6.43 Å². The smallest absolute Gasteiger partial charge is 0.210 e. The Hall–Kier alpha value is -1.43. The molecule has 68 valence electrons. The lowest BCUT2D eigenvalue weighted by Gasteiger charge is -2.07. The third-order valence-corrected chi connectivity index (χ3v) is 1.77. The van der Waals surface area contributed by atoms with Gasteiger partial charge in [0, 0.05) is 6.42 Å². The molecule has 1 aromatic carbocycles. The molecule has 3 heteroatoms. The van der Waals surface area contributed by atoms with E-state index >= 15 is 0 Å². The first-order valence-corrected chi connectivity index (χ1v) is 3.96. The summed E-state index contributed by atoms with van der Waals surface area (Å²) in [5.41, 5.74) is 0.658. The number of hydrogen-bond donors (Lipinski definition) is 0. The fraction of sp³-hybridized carbons (Fsp3) is 0.300. The highest BCUT2D eigenvalue weighted by molar-refractivity contribution is 5.24. The maximum absolute atomic E-state index is 12.0. The number of benzene rings is 1. The normalized spacial score (nSPS) is 12.5. The van der Waals surface area contributed by atoms with Crippen molar-refractivity contribution < 1.29 is 8.78 Å². The van der Waals surface area contributed by atoms with Crippen molar-refractivity contribution in [1.29, 1.82) is 5.26 Å². The molecule has 13 heavy (non-hydrogen) atoms. The summed E-state index contributed by atoms with van der Waals surface area (Å²) in [7, 11) is 0. The van der Waals surface area contributed by atoms with E-state index in [1.165, 1.54) is 0 Å². The summed E-state index contributed by atoms with van der Waals surface area (Å²) in [5.74, 6) is -0.693. The summed E-state index contributed by atoms with van der Waals surface area (Å²) in [6.07, 6.45) is -2.81. The lowest BCUT2D eigenvalue weighted by molar-refractivity contribution is 0.134. The Morgan fingerprint density at radius 3 is 2.31 bits per heavy atom. The van der Waals surface area contributed by atoms with Gasteiger partial charge in [0.25, 0.3) is 0 Å². The minimum absolute atomic E-state index is 0.388. The molecule has 1 atom stereocenters. The van der Waals surface area contributed by atoms with Crippen LogP contribution in [0.3, 0.4) is 0 Å². The molecular weight excluding hydrogens is 172 g/mol. The third-order valence-electron chi connectivity index (χ3n) is 1.77. The monoisotopic (exact) mass is 181 g/mol. The van der Waals surface area contributed by atoms with Gasteiger partial charge in [-0.3, -0.25) is 0 Å². The quantitative estimate of drug-likeness (QED) is 0.703. The number of nitriles is 1. The minimum atomic E-state index is -2.43. The average Bonchev–Trinajstić information content (AvgIpc) is 2.15. The second-order valence-electron chi connectivity index (χ2n) is 2.72. The van der Waals surface area contributed by atoms with Crippen LogP contribution < -0.4 is 0 Å². The molecule has 0 spiro atoms. The molecule has 0 aliphatic heterocycles. The van der Waals surface area contributed by atoms with E-state index in [0.29, 0.717) is 5.56 Å². The predicted molar refractivity (Wildman–Crippen MR) is 45.4 cm³/mol. The SMILES string of the molecule is N#CC(CC(F)F)c1ccccc1. The van der Waals surface area contributed by atoms with Gasteiger partial charge in [0.15, 0.2) is 0 Å². The Morgan fingerprint density at radius 2 is 1.85 bits per heavy atom. The van der Waals surface area contributed by atoms with E-state index in [0.717, 1.165) is 0 Å². The summed E-state index contributed by atoms with van der Waals surface area (Å²) in [5, 5.41) is 8.65. The van der Waals surface area contributed by atoms with Gasteiger partial charge >= 0.3 is 0 Å². The number of rotatable bonds is 3.